The van der Waals surface area contributed by atoms with Crippen molar-refractivity contribution in [3.63, 3.8) is 0 Å². The second-order valence-corrected chi connectivity index (χ2v) is 5.89. The first-order valence-electron chi connectivity index (χ1n) is 7.76. The van der Waals surface area contributed by atoms with Crippen LogP contribution in [-0.2, 0) is 6.54 Å². The molecule has 120 valence electrons. The highest BCUT2D eigenvalue weighted by Crippen LogP contribution is 2.32. The van der Waals surface area contributed by atoms with Gasteiger partial charge >= 0.3 is 0 Å². The Morgan fingerprint density at radius 3 is 2.17 bits per heavy atom. The molecule has 0 bridgehead atoms. The van der Waals surface area contributed by atoms with Crippen LogP contribution in [0.4, 0.5) is 5.69 Å². The number of nitrogen functional groups attached to an aromatic ring is 1. The number of aromatic nitrogens is 1. The van der Waals surface area contributed by atoms with Gasteiger partial charge in [-0.1, -0.05) is 47.5 Å². The number of anilines is 1. The largest absolute Gasteiger partial charge is 0.439 e. The van der Waals surface area contributed by atoms with Crippen LogP contribution in [0.2, 0.25) is 0 Å². The molecule has 3 rings (SSSR count). The molecule has 1 aromatic heterocycles. The molecule has 24 heavy (non-hydrogen) atoms. The molecule has 0 spiro atoms. The first-order valence-corrected chi connectivity index (χ1v) is 7.76. The van der Waals surface area contributed by atoms with E-state index in [1.807, 2.05) is 50.2 Å². The molecular weight excluding hydrogens is 298 g/mol. The Balaban J connectivity index is 1.96. The summed E-state index contributed by atoms with van der Waals surface area (Å²) in [4.78, 5) is 0. The zero-order valence-electron chi connectivity index (χ0n) is 13.8. The zero-order chi connectivity index (χ0) is 17.1. The zero-order valence-corrected chi connectivity index (χ0v) is 13.8. The van der Waals surface area contributed by atoms with E-state index in [0.29, 0.717) is 29.6 Å². The third-order valence-electron chi connectivity index (χ3n) is 3.89. The summed E-state index contributed by atoms with van der Waals surface area (Å²) in [6, 6.07) is 19.8. The van der Waals surface area contributed by atoms with E-state index in [-0.39, 0.29) is 0 Å². The molecule has 2 aromatic carbocycles. The second kappa shape index (κ2) is 6.51. The molecule has 0 saturated heterocycles. The third-order valence-corrected chi connectivity index (χ3v) is 3.89. The average Bonchev–Trinajstić information content (AvgIpc) is 2.87. The average molecular weight is 317 g/mol. The Labute approximate surface area is 141 Å². The monoisotopic (exact) mass is 317 g/mol. The number of ether oxygens (including phenoxy) is 1. The van der Waals surface area contributed by atoms with Crippen LogP contribution in [0.25, 0.3) is 0 Å². The van der Waals surface area contributed by atoms with Crippen LogP contribution >= 0.6 is 0 Å². The molecule has 4 heteroatoms. The highest BCUT2D eigenvalue weighted by Gasteiger charge is 2.15. The number of nitrogens with zero attached hydrogens (tertiary/aromatic N) is 2. The summed E-state index contributed by atoms with van der Waals surface area (Å²) in [5.41, 5.74) is 10.5. The Bertz CT molecular complexity index is 884. The summed E-state index contributed by atoms with van der Waals surface area (Å²) in [5.74, 6) is 1.19. The van der Waals surface area contributed by atoms with E-state index >= 15 is 0 Å². The van der Waals surface area contributed by atoms with Crippen LogP contribution in [0.15, 0.2) is 54.6 Å². The fourth-order valence-electron chi connectivity index (χ4n) is 2.51. The van der Waals surface area contributed by atoms with Gasteiger partial charge in [-0.2, -0.15) is 5.26 Å². The molecule has 0 radical (unpaired) electrons. The first-order chi connectivity index (χ1) is 11.6. The van der Waals surface area contributed by atoms with Gasteiger partial charge < -0.3 is 10.5 Å². The summed E-state index contributed by atoms with van der Waals surface area (Å²) >= 11 is 0. The molecule has 1 heterocycles. The van der Waals surface area contributed by atoms with E-state index in [9.17, 15) is 5.26 Å². The van der Waals surface area contributed by atoms with Crippen LogP contribution < -0.4 is 10.5 Å². The van der Waals surface area contributed by atoms with E-state index in [1.54, 1.807) is 10.6 Å². The lowest BCUT2D eigenvalue weighted by Gasteiger charge is -2.13. The lowest BCUT2D eigenvalue weighted by Crippen LogP contribution is -2.05. The SMILES string of the molecule is Cc1ccc(Cn2c(C#N)cc(N)c2Oc2ccc(C)cc2)cc1. The van der Waals surface area contributed by atoms with Crippen LogP contribution in [0.3, 0.4) is 0 Å². The number of nitrogens with two attached hydrogens (primary N) is 1. The lowest BCUT2D eigenvalue weighted by molar-refractivity contribution is 0.437. The summed E-state index contributed by atoms with van der Waals surface area (Å²) in [6.07, 6.45) is 0. The van der Waals surface area contributed by atoms with Crippen molar-refractivity contribution in [1.29, 1.82) is 5.26 Å². The maximum absolute atomic E-state index is 9.40. The van der Waals surface area contributed by atoms with Gasteiger partial charge in [-0.25, -0.2) is 0 Å². The van der Waals surface area contributed by atoms with E-state index in [0.717, 1.165) is 11.1 Å². The van der Waals surface area contributed by atoms with Gasteiger partial charge in [0, 0.05) is 6.07 Å². The number of hydrogen-bond acceptors (Lipinski definition) is 3. The predicted molar refractivity (Wildman–Crippen MR) is 95.1 cm³/mol. The van der Waals surface area contributed by atoms with Crippen LogP contribution in [-0.4, -0.2) is 4.57 Å². The van der Waals surface area contributed by atoms with Crippen LogP contribution in [0, 0.1) is 25.2 Å². The highest BCUT2D eigenvalue weighted by atomic mass is 16.5. The quantitative estimate of drug-likeness (QED) is 0.775. The Hall–Kier alpha value is -3.19. The number of nitriles is 1. The Kier molecular flexibility index (Phi) is 4.26. The van der Waals surface area contributed by atoms with Gasteiger partial charge in [0.05, 0.1) is 12.2 Å². The topological polar surface area (TPSA) is 64.0 Å². The molecule has 0 aliphatic carbocycles. The van der Waals surface area contributed by atoms with Gasteiger partial charge in [0.2, 0.25) is 5.88 Å². The van der Waals surface area contributed by atoms with Crippen molar-refractivity contribution in [2.75, 3.05) is 5.73 Å². The van der Waals surface area contributed by atoms with Gasteiger partial charge in [0.1, 0.15) is 17.5 Å². The van der Waals surface area contributed by atoms with Crippen LogP contribution in [0.5, 0.6) is 11.6 Å². The standard InChI is InChI=1S/C20H19N3O/c1-14-3-7-16(8-4-14)13-23-17(12-21)11-19(22)20(23)24-18-9-5-15(2)6-10-18/h3-11H,13,22H2,1-2H3. The van der Waals surface area contributed by atoms with Gasteiger partial charge in [-0.15, -0.1) is 0 Å². The predicted octanol–water partition coefficient (Wildman–Crippen LogP) is 4.40. The molecule has 0 saturated carbocycles. The van der Waals surface area contributed by atoms with Gasteiger partial charge in [0.25, 0.3) is 0 Å². The summed E-state index contributed by atoms with van der Waals surface area (Å²) < 4.78 is 7.77. The normalized spacial score (nSPS) is 10.4. The molecule has 0 fully saturated rings. The maximum atomic E-state index is 9.40. The smallest absolute Gasteiger partial charge is 0.224 e. The van der Waals surface area contributed by atoms with E-state index < -0.39 is 0 Å². The maximum Gasteiger partial charge on any atom is 0.224 e. The van der Waals surface area contributed by atoms with E-state index in [4.69, 9.17) is 10.5 Å². The second-order valence-electron chi connectivity index (χ2n) is 5.89. The van der Waals surface area contributed by atoms with Crippen LogP contribution in [0.1, 0.15) is 22.4 Å². The van der Waals surface area contributed by atoms with Crippen molar-refractivity contribution in [2.45, 2.75) is 20.4 Å². The van der Waals surface area contributed by atoms with Crippen molar-refractivity contribution in [2.24, 2.45) is 0 Å². The Morgan fingerprint density at radius 1 is 1.00 bits per heavy atom. The minimum absolute atomic E-state index is 0.458. The molecule has 0 aliphatic heterocycles. The summed E-state index contributed by atoms with van der Waals surface area (Å²) in [5, 5.41) is 9.40. The Morgan fingerprint density at radius 2 is 1.58 bits per heavy atom. The molecular formula is C20H19N3O. The number of rotatable bonds is 4. The number of benzene rings is 2. The number of aryl methyl sites for hydroxylation is 2. The van der Waals surface area contributed by atoms with E-state index in [2.05, 4.69) is 18.2 Å². The minimum Gasteiger partial charge on any atom is -0.439 e. The van der Waals surface area contributed by atoms with Crippen molar-refractivity contribution in [1.82, 2.24) is 4.57 Å². The fourth-order valence-corrected chi connectivity index (χ4v) is 2.51. The van der Waals surface area contributed by atoms with Gasteiger partial charge in [-0.05, 0) is 31.5 Å². The molecule has 3 aromatic rings. The van der Waals surface area contributed by atoms with Crippen molar-refractivity contribution < 1.29 is 4.74 Å². The van der Waals surface area contributed by atoms with Crippen molar-refractivity contribution in [3.05, 3.63) is 77.0 Å². The fraction of sp³-hybridized carbons (Fsp3) is 0.150. The first kappa shape index (κ1) is 15.7. The molecule has 0 unspecified atom stereocenters. The van der Waals surface area contributed by atoms with Gasteiger partial charge in [-0.3, -0.25) is 4.57 Å². The van der Waals surface area contributed by atoms with Crippen molar-refractivity contribution in [3.8, 4) is 17.7 Å². The minimum atomic E-state index is 0.458. The molecule has 0 amide bonds. The molecule has 0 atom stereocenters. The lowest BCUT2D eigenvalue weighted by atomic mass is 10.1. The van der Waals surface area contributed by atoms with Gasteiger partial charge in [0.15, 0.2) is 0 Å². The molecule has 2 N–H and O–H groups in total. The van der Waals surface area contributed by atoms with Crippen molar-refractivity contribution >= 4 is 5.69 Å². The summed E-state index contributed by atoms with van der Waals surface area (Å²) in [6.45, 7) is 4.59. The molecule has 0 aliphatic rings. The highest BCUT2D eigenvalue weighted by molar-refractivity contribution is 5.56. The summed E-state index contributed by atoms with van der Waals surface area (Å²) in [7, 11) is 0. The molecule has 4 nitrogen and oxygen atoms in total. The van der Waals surface area contributed by atoms with E-state index in [1.165, 1.54) is 5.56 Å². The number of hydrogen-bond donors (Lipinski definition) is 1. The third kappa shape index (κ3) is 3.26.